The van der Waals surface area contributed by atoms with Crippen LogP contribution in [-0.2, 0) is 13.1 Å². The molecular weight excluding hydrogens is 294 g/mol. The number of fused-ring (bicyclic) bond motifs is 1. The smallest absolute Gasteiger partial charge is 0.315 e. The molecule has 8 nitrogen and oxygen atoms in total. The lowest BCUT2D eigenvalue weighted by Crippen LogP contribution is -2.41. The normalized spacial score (nSPS) is 18.6. The average molecular weight is 315 g/mol. The van der Waals surface area contributed by atoms with Gasteiger partial charge in [0.05, 0.1) is 31.0 Å². The van der Waals surface area contributed by atoms with Crippen LogP contribution in [0.4, 0.5) is 10.5 Å². The molecule has 0 aromatic carbocycles. The van der Waals surface area contributed by atoms with Gasteiger partial charge < -0.3 is 10.2 Å². The van der Waals surface area contributed by atoms with Crippen molar-refractivity contribution in [3.8, 4) is 0 Å². The van der Waals surface area contributed by atoms with Gasteiger partial charge in [0.25, 0.3) is 0 Å². The van der Waals surface area contributed by atoms with Gasteiger partial charge in [-0.2, -0.15) is 10.2 Å². The average Bonchev–Trinajstić information content (AvgIpc) is 3.16. The Bertz CT molecular complexity index is 730. The van der Waals surface area contributed by atoms with Crippen molar-refractivity contribution in [2.45, 2.75) is 45.8 Å². The second kappa shape index (κ2) is 5.36. The summed E-state index contributed by atoms with van der Waals surface area (Å²) < 4.78 is 3.82. The molecule has 0 spiro atoms. The first kappa shape index (κ1) is 14.2. The number of rotatable bonds is 3. The molecule has 1 N–H and O–H groups in total. The number of aromatic nitrogens is 5. The van der Waals surface area contributed by atoms with E-state index in [2.05, 4.69) is 27.4 Å². The molecule has 1 unspecified atom stereocenters. The molecule has 2 aliphatic rings. The molecule has 1 saturated carbocycles. The van der Waals surface area contributed by atoms with Crippen molar-refractivity contribution in [3.05, 3.63) is 24.0 Å². The molecule has 0 saturated heterocycles. The largest absolute Gasteiger partial charge is 0.322 e. The van der Waals surface area contributed by atoms with E-state index in [9.17, 15) is 4.79 Å². The van der Waals surface area contributed by atoms with Crippen LogP contribution in [0.3, 0.4) is 0 Å². The molecule has 1 aliphatic heterocycles. The number of hydrogen-bond donors (Lipinski definition) is 1. The van der Waals surface area contributed by atoms with Crippen LogP contribution < -0.4 is 5.32 Å². The zero-order valence-corrected chi connectivity index (χ0v) is 13.4. The van der Waals surface area contributed by atoms with Gasteiger partial charge >= 0.3 is 6.03 Å². The van der Waals surface area contributed by atoms with E-state index < -0.39 is 0 Å². The Morgan fingerprint density at radius 3 is 3.00 bits per heavy atom. The van der Waals surface area contributed by atoms with E-state index in [4.69, 9.17) is 0 Å². The van der Waals surface area contributed by atoms with E-state index >= 15 is 0 Å². The van der Waals surface area contributed by atoms with Gasteiger partial charge in [0, 0.05) is 12.7 Å². The van der Waals surface area contributed by atoms with Gasteiger partial charge in [-0.05, 0) is 32.6 Å². The van der Waals surface area contributed by atoms with E-state index in [0.717, 1.165) is 23.3 Å². The summed E-state index contributed by atoms with van der Waals surface area (Å²) in [5.41, 5.74) is 0.741. The number of anilines is 1. The van der Waals surface area contributed by atoms with Crippen LogP contribution in [0.15, 0.2) is 12.4 Å². The molecule has 1 atom stereocenters. The monoisotopic (exact) mass is 315 g/mol. The zero-order valence-electron chi connectivity index (χ0n) is 13.4. The van der Waals surface area contributed by atoms with Gasteiger partial charge in [-0.3, -0.25) is 4.68 Å². The number of amides is 2. The summed E-state index contributed by atoms with van der Waals surface area (Å²) in [5, 5.41) is 11.6. The lowest BCUT2D eigenvalue weighted by molar-refractivity contribution is 0.193. The summed E-state index contributed by atoms with van der Waals surface area (Å²) in [5.74, 6) is 2.31. The molecule has 1 aliphatic carbocycles. The van der Waals surface area contributed by atoms with Crippen molar-refractivity contribution in [3.63, 3.8) is 0 Å². The molecule has 122 valence electrons. The van der Waals surface area contributed by atoms with Gasteiger partial charge in [0.1, 0.15) is 11.6 Å². The topological polar surface area (TPSA) is 80.9 Å². The van der Waals surface area contributed by atoms with E-state index in [1.54, 1.807) is 11.1 Å². The Balaban J connectivity index is 1.40. The molecular formula is C15H21N7O. The number of urea groups is 1. The number of carbonyl (C=O) groups is 1. The Labute approximate surface area is 134 Å². The lowest BCUT2D eigenvalue weighted by atomic mass is 10.2. The van der Waals surface area contributed by atoms with Gasteiger partial charge in [-0.1, -0.05) is 0 Å². The van der Waals surface area contributed by atoms with E-state index in [-0.39, 0.29) is 6.03 Å². The molecule has 0 radical (unpaired) electrons. The molecule has 23 heavy (non-hydrogen) atoms. The quantitative estimate of drug-likeness (QED) is 0.936. The van der Waals surface area contributed by atoms with Crippen molar-refractivity contribution < 1.29 is 4.79 Å². The highest BCUT2D eigenvalue weighted by Gasteiger charge is 2.30. The van der Waals surface area contributed by atoms with E-state index in [0.29, 0.717) is 25.7 Å². The maximum atomic E-state index is 12.4. The molecule has 2 aromatic heterocycles. The molecule has 8 heteroatoms. The third-order valence-electron chi connectivity index (χ3n) is 4.63. The second-order valence-corrected chi connectivity index (χ2v) is 6.44. The van der Waals surface area contributed by atoms with E-state index in [1.807, 2.05) is 22.5 Å². The molecule has 0 bridgehead atoms. The number of hydrogen-bond acceptors (Lipinski definition) is 4. The summed E-state index contributed by atoms with van der Waals surface area (Å²) in [6.45, 7) is 5.84. The first-order chi connectivity index (χ1) is 11.1. The van der Waals surface area contributed by atoms with Crippen molar-refractivity contribution in [1.29, 1.82) is 0 Å². The van der Waals surface area contributed by atoms with Crippen molar-refractivity contribution >= 4 is 11.7 Å². The Morgan fingerprint density at radius 1 is 1.39 bits per heavy atom. The number of aryl methyl sites for hydroxylation is 1. The van der Waals surface area contributed by atoms with Crippen LogP contribution >= 0.6 is 0 Å². The Hall–Kier alpha value is -2.38. The van der Waals surface area contributed by atoms with E-state index in [1.165, 1.54) is 12.8 Å². The Kier molecular flexibility index (Phi) is 3.32. The second-order valence-electron chi connectivity index (χ2n) is 6.44. The highest BCUT2D eigenvalue weighted by Crippen LogP contribution is 2.39. The minimum absolute atomic E-state index is 0.115. The fourth-order valence-electron chi connectivity index (χ4n) is 3.06. The third kappa shape index (κ3) is 2.80. The van der Waals surface area contributed by atoms with Gasteiger partial charge in [-0.25, -0.2) is 14.5 Å². The fourth-order valence-corrected chi connectivity index (χ4v) is 3.06. The maximum Gasteiger partial charge on any atom is 0.322 e. The van der Waals surface area contributed by atoms with Crippen molar-refractivity contribution in [1.82, 2.24) is 29.4 Å². The van der Waals surface area contributed by atoms with Crippen LogP contribution in [0.2, 0.25) is 0 Å². The summed E-state index contributed by atoms with van der Waals surface area (Å²) in [4.78, 5) is 18.5. The van der Waals surface area contributed by atoms with Crippen LogP contribution in [0.25, 0.3) is 0 Å². The van der Waals surface area contributed by atoms with Crippen molar-refractivity contribution in [2.24, 2.45) is 5.92 Å². The first-order valence-electron chi connectivity index (χ1n) is 8.10. The summed E-state index contributed by atoms with van der Waals surface area (Å²) >= 11 is 0. The van der Waals surface area contributed by atoms with Gasteiger partial charge in [-0.15, -0.1) is 0 Å². The molecule has 2 amide bonds. The zero-order chi connectivity index (χ0) is 16.0. The van der Waals surface area contributed by atoms with Gasteiger partial charge in [0.2, 0.25) is 0 Å². The highest BCUT2D eigenvalue weighted by atomic mass is 16.2. The Morgan fingerprint density at radius 2 is 2.22 bits per heavy atom. The predicted octanol–water partition coefficient (Wildman–Crippen LogP) is 1.80. The van der Waals surface area contributed by atoms with Crippen molar-refractivity contribution in [2.75, 3.05) is 11.9 Å². The third-order valence-corrected chi connectivity index (χ3v) is 4.63. The highest BCUT2D eigenvalue weighted by molar-refractivity contribution is 5.89. The molecule has 2 aromatic rings. The maximum absolute atomic E-state index is 12.4. The number of nitrogens with one attached hydrogen (secondary N) is 1. The standard InChI is InChI=1S/C15H21N7O/c1-10(12-3-4-12)22-8-13(7-16-22)18-15(23)20-5-6-21-14(9-20)17-11(2)19-21/h7-8,10,12H,3-6,9H2,1-2H3,(H,18,23). The van der Waals surface area contributed by atoms with Crippen LogP contribution in [0.1, 0.15) is 37.5 Å². The van der Waals surface area contributed by atoms with Gasteiger partial charge in [0.15, 0.2) is 0 Å². The minimum atomic E-state index is -0.115. The fraction of sp³-hybridized carbons (Fsp3) is 0.600. The molecule has 4 rings (SSSR count). The number of carbonyl (C=O) groups excluding carboxylic acids is 1. The van der Waals surface area contributed by atoms with Crippen LogP contribution in [-0.4, -0.2) is 42.0 Å². The molecule has 1 fully saturated rings. The summed E-state index contributed by atoms with van der Waals surface area (Å²) in [6, 6.07) is 0.285. The first-order valence-corrected chi connectivity index (χ1v) is 8.10. The lowest BCUT2D eigenvalue weighted by Gasteiger charge is -2.26. The molecule has 3 heterocycles. The SMILES string of the molecule is Cc1nc2n(n1)CCN(C(=O)Nc1cnn(C(C)C3CC3)c1)C2. The number of nitrogens with zero attached hydrogens (tertiary/aromatic N) is 6. The van der Waals surface area contributed by atoms with Crippen LogP contribution in [0, 0.1) is 12.8 Å². The summed E-state index contributed by atoms with van der Waals surface area (Å²) in [7, 11) is 0. The minimum Gasteiger partial charge on any atom is -0.315 e. The summed E-state index contributed by atoms with van der Waals surface area (Å²) in [6.07, 6.45) is 6.18. The predicted molar refractivity (Wildman–Crippen MR) is 83.8 cm³/mol. The van der Waals surface area contributed by atoms with Crippen LogP contribution in [0.5, 0.6) is 0 Å².